The van der Waals surface area contributed by atoms with E-state index in [9.17, 15) is 17.2 Å². The number of halogens is 2. The van der Waals surface area contributed by atoms with Gasteiger partial charge in [0.25, 0.3) is 0 Å². The molecule has 0 aliphatic heterocycles. The van der Waals surface area contributed by atoms with E-state index in [-0.39, 0.29) is 6.54 Å². The van der Waals surface area contributed by atoms with Gasteiger partial charge >= 0.3 is 0 Å². The summed E-state index contributed by atoms with van der Waals surface area (Å²) in [6.45, 7) is -0.189. The van der Waals surface area contributed by atoms with Gasteiger partial charge in [-0.05, 0) is 30.3 Å². The maximum Gasteiger partial charge on any atom is 0.246 e. The first-order valence-corrected chi connectivity index (χ1v) is 8.43. The van der Waals surface area contributed by atoms with E-state index in [0.29, 0.717) is 5.76 Å². The molecule has 1 N–H and O–H groups in total. The van der Waals surface area contributed by atoms with Gasteiger partial charge in [0.1, 0.15) is 23.4 Å². The topological polar surface area (TPSA) is 77.1 Å². The Labute approximate surface area is 136 Å². The number of hydrogen-bond donors (Lipinski definition) is 1. The molecular formula is C15H13F2N3O3S. The molecule has 1 unspecified atom stereocenters. The van der Waals surface area contributed by atoms with Crippen molar-refractivity contribution < 1.29 is 21.6 Å². The van der Waals surface area contributed by atoms with Crippen LogP contribution in [0.3, 0.4) is 0 Å². The summed E-state index contributed by atoms with van der Waals surface area (Å²) >= 11 is 0. The van der Waals surface area contributed by atoms with Gasteiger partial charge in [-0.3, -0.25) is 4.68 Å². The Hall–Kier alpha value is -2.52. The molecule has 9 heteroatoms. The Morgan fingerprint density at radius 3 is 2.50 bits per heavy atom. The Bertz CT molecular complexity index is 855. The summed E-state index contributed by atoms with van der Waals surface area (Å²) in [5, 5.41) is 4.05. The molecule has 0 spiro atoms. The number of hydrogen-bond acceptors (Lipinski definition) is 4. The molecule has 0 aliphatic rings. The van der Waals surface area contributed by atoms with Gasteiger partial charge in [-0.2, -0.15) is 5.10 Å². The number of nitrogens with zero attached hydrogens (tertiary/aromatic N) is 2. The molecule has 2 heterocycles. The first-order chi connectivity index (χ1) is 11.5. The lowest BCUT2D eigenvalue weighted by molar-refractivity contribution is 0.402. The second-order valence-electron chi connectivity index (χ2n) is 4.92. The van der Waals surface area contributed by atoms with E-state index in [1.54, 1.807) is 24.4 Å². The zero-order valence-corrected chi connectivity index (χ0v) is 13.1. The van der Waals surface area contributed by atoms with Crippen LogP contribution in [0.1, 0.15) is 11.8 Å². The van der Waals surface area contributed by atoms with Crippen molar-refractivity contribution in [1.82, 2.24) is 14.5 Å². The molecule has 3 rings (SSSR count). The number of rotatable bonds is 6. The number of furan rings is 1. The van der Waals surface area contributed by atoms with E-state index in [2.05, 4.69) is 9.82 Å². The van der Waals surface area contributed by atoms with Gasteiger partial charge in [0, 0.05) is 18.9 Å². The van der Waals surface area contributed by atoms with E-state index in [0.717, 1.165) is 18.2 Å². The van der Waals surface area contributed by atoms with Crippen molar-refractivity contribution in [3.05, 3.63) is 72.4 Å². The molecule has 6 nitrogen and oxygen atoms in total. The van der Waals surface area contributed by atoms with Crippen LogP contribution < -0.4 is 4.72 Å². The van der Waals surface area contributed by atoms with Crippen LogP contribution in [0.4, 0.5) is 8.78 Å². The molecule has 0 radical (unpaired) electrons. The highest BCUT2D eigenvalue weighted by molar-refractivity contribution is 7.89. The maximum atomic E-state index is 13.7. The van der Waals surface area contributed by atoms with Gasteiger partial charge in [0.2, 0.25) is 10.0 Å². The normalized spacial score (nSPS) is 13.1. The third kappa shape index (κ3) is 3.22. The third-order valence-corrected chi connectivity index (χ3v) is 4.84. The molecule has 126 valence electrons. The van der Waals surface area contributed by atoms with Crippen molar-refractivity contribution in [2.75, 3.05) is 6.54 Å². The minimum Gasteiger partial charge on any atom is -0.467 e. The smallest absolute Gasteiger partial charge is 0.246 e. The fourth-order valence-corrected chi connectivity index (χ4v) is 3.44. The molecule has 1 atom stereocenters. The highest BCUT2D eigenvalue weighted by Gasteiger charge is 2.26. The predicted molar refractivity (Wildman–Crippen MR) is 80.6 cm³/mol. The predicted octanol–water partition coefficient (Wildman–Crippen LogP) is 2.32. The Morgan fingerprint density at radius 2 is 1.92 bits per heavy atom. The number of benzene rings is 1. The van der Waals surface area contributed by atoms with Gasteiger partial charge in [0.15, 0.2) is 4.90 Å². The van der Waals surface area contributed by atoms with Crippen LogP contribution in [0.2, 0.25) is 0 Å². The quantitative estimate of drug-likeness (QED) is 0.738. The molecule has 0 fully saturated rings. The first-order valence-electron chi connectivity index (χ1n) is 6.95. The van der Waals surface area contributed by atoms with E-state index in [1.165, 1.54) is 17.1 Å². The molecule has 0 aliphatic carbocycles. The van der Waals surface area contributed by atoms with E-state index >= 15 is 0 Å². The molecule has 0 bridgehead atoms. The van der Waals surface area contributed by atoms with Crippen LogP contribution in [-0.2, 0) is 10.0 Å². The average molecular weight is 353 g/mol. The number of aromatic nitrogens is 2. The minimum atomic E-state index is -4.38. The lowest BCUT2D eigenvalue weighted by atomic mass is 10.2. The van der Waals surface area contributed by atoms with Crippen molar-refractivity contribution >= 4 is 10.0 Å². The standard InChI is InChI=1S/C15H13F2N3O3S/c16-11-4-1-5-12(17)15(11)24(21,22)19-10-13(14-6-2-9-23-14)20-8-3-7-18-20/h1-9,13,19H,10H2. The van der Waals surface area contributed by atoms with Crippen molar-refractivity contribution in [3.8, 4) is 0 Å². The largest absolute Gasteiger partial charge is 0.467 e. The van der Waals surface area contributed by atoms with Crippen LogP contribution in [0.5, 0.6) is 0 Å². The fraction of sp³-hybridized carbons (Fsp3) is 0.133. The lowest BCUT2D eigenvalue weighted by Gasteiger charge is -2.16. The van der Waals surface area contributed by atoms with Crippen molar-refractivity contribution in [2.45, 2.75) is 10.9 Å². The lowest BCUT2D eigenvalue weighted by Crippen LogP contribution is -2.32. The van der Waals surface area contributed by atoms with Crippen molar-refractivity contribution in [3.63, 3.8) is 0 Å². The van der Waals surface area contributed by atoms with Gasteiger partial charge in [-0.15, -0.1) is 0 Å². The van der Waals surface area contributed by atoms with E-state index in [1.807, 2.05) is 0 Å². The van der Waals surface area contributed by atoms with Crippen LogP contribution in [-0.4, -0.2) is 24.7 Å². The Morgan fingerprint density at radius 1 is 1.17 bits per heavy atom. The molecule has 0 saturated heterocycles. The summed E-state index contributed by atoms with van der Waals surface area (Å²) in [4.78, 5) is -1.01. The Balaban J connectivity index is 1.87. The van der Waals surface area contributed by atoms with E-state index < -0.39 is 32.6 Å². The van der Waals surface area contributed by atoms with Crippen LogP contribution in [0, 0.1) is 11.6 Å². The monoisotopic (exact) mass is 353 g/mol. The van der Waals surface area contributed by atoms with Crippen molar-refractivity contribution in [2.24, 2.45) is 0 Å². The molecule has 0 amide bonds. The van der Waals surface area contributed by atoms with Crippen LogP contribution >= 0.6 is 0 Å². The first kappa shape index (κ1) is 16.3. The van der Waals surface area contributed by atoms with Gasteiger partial charge in [-0.1, -0.05) is 6.07 Å². The SMILES string of the molecule is O=S(=O)(NCC(c1ccco1)n1cccn1)c1c(F)cccc1F. The van der Waals surface area contributed by atoms with Gasteiger partial charge < -0.3 is 4.42 Å². The van der Waals surface area contributed by atoms with Crippen molar-refractivity contribution in [1.29, 1.82) is 0 Å². The van der Waals surface area contributed by atoms with Crippen LogP contribution in [0.25, 0.3) is 0 Å². The summed E-state index contributed by atoms with van der Waals surface area (Å²) in [6, 6.07) is 7.24. The molecule has 2 aromatic heterocycles. The fourth-order valence-electron chi connectivity index (χ4n) is 2.27. The zero-order chi connectivity index (χ0) is 17.2. The second kappa shape index (κ2) is 6.54. The summed E-state index contributed by atoms with van der Waals surface area (Å²) in [6.07, 6.45) is 4.60. The molecule has 24 heavy (non-hydrogen) atoms. The summed E-state index contributed by atoms with van der Waals surface area (Å²) in [7, 11) is -4.38. The van der Waals surface area contributed by atoms with E-state index in [4.69, 9.17) is 4.42 Å². The van der Waals surface area contributed by atoms with Gasteiger partial charge in [0.05, 0.1) is 6.26 Å². The summed E-state index contributed by atoms with van der Waals surface area (Å²) in [5.41, 5.74) is 0. The summed E-state index contributed by atoms with van der Waals surface area (Å²) < 4.78 is 61.0. The molecule has 0 saturated carbocycles. The number of sulfonamides is 1. The summed E-state index contributed by atoms with van der Waals surface area (Å²) in [5.74, 6) is -1.86. The minimum absolute atomic E-state index is 0.189. The average Bonchev–Trinajstić information content (AvgIpc) is 3.20. The Kier molecular flexibility index (Phi) is 4.45. The third-order valence-electron chi connectivity index (χ3n) is 3.37. The molecule has 3 aromatic rings. The highest BCUT2D eigenvalue weighted by Crippen LogP contribution is 2.21. The second-order valence-corrected chi connectivity index (χ2v) is 6.62. The number of nitrogens with one attached hydrogen (secondary N) is 1. The van der Waals surface area contributed by atoms with Gasteiger partial charge in [-0.25, -0.2) is 21.9 Å². The molecule has 1 aromatic carbocycles. The maximum absolute atomic E-state index is 13.7. The van der Waals surface area contributed by atoms with Crippen LogP contribution in [0.15, 0.2) is 64.4 Å². The highest BCUT2D eigenvalue weighted by atomic mass is 32.2. The zero-order valence-electron chi connectivity index (χ0n) is 12.3. The molecular weight excluding hydrogens is 340 g/mol.